The Labute approximate surface area is 83.8 Å². The summed E-state index contributed by atoms with van der Waals surface area (Å²) in [4.78, 5) is 2.65. The third kappa shape index (κ3) is 2.97. The number of nitrogens with zero attached hydrogens (tertiary/aromatic N) is 3. The van der Waals surface area contributed by atoms with Crippen LogP contribution >= 0.6 is 0 Å². The van der Waals surface area contributed by atoms with Gasteiger partial charge in [0.25, 0.3) is 0 Å². The van der Waals surface area contributed by atoms with E-state index in [0.29, 0.717) is 6.42 Å². The van der Waals surface area contributed by atoms with E-state index >= 15 is 0 Å². The molecule has 1 aliphatic heterocycles. The minimum atomic E-state index is -0.364. The van der Waals surface area contributed by atoms with Crippen LogP contribution in [0.4, 0.5) is 0 Å². The fourth-order valence-corrected chi connectivity index (χ4v) is 1.36. The van der Waals surface area contributed by atoms with E-state index in [0.717, 1.165) is 0 Å². The van der Waals surface area contributed by atoms with Crippen LogP contribution in [0.1, 0.15) is 6.42 Å². The van der Waals surface area contributed by atoms with Gasteiger partial charge in [-0.2, -0.15) is 0 Å². The topological polar surface area (TPSA) is 67.2 Å². The Hall–Kier alpha value is -1.15. The lowest BCUT2D eigenvalue weighted by Gasteiger charge is -2.15. The first-order valence-electron chi connectivity index (χ1n) is 4.25. The van der Waals surface area contributed by atoms with Crippen LogP contribution < -0.4 is 0 Å². The molecule has 3 atom stereocenters. The Balaban J connectivity index is 2.45. The van der Waals surface area contributed by atoms with E-state index in [-0.39, 0.29) is 31.4 Å². The number of hydrogen-bond acceptors (Lipinski definition) is 3. The molecule has 6 heteroatoms. The van der Waals surface area contributed by atoms with Gasteiger partial charge in [0.05, 0.1) is 18.8 Å². The van der Waals surface area contributed by atoms with Crippen molar-refractivity contribution >= 4 is 7.85 Å². The number of terminal acetylenes is 1. The van der Waals surface area contributed by atoms with Crippen molar-refractivity contribution in [2.24, 2.45) is 5.11 Å². The van der Waals surface area contributed by atoms with E-state index in [1.54, 1.807) is 0 Å². The lowest BCUT2D eigenvalue weighted by atomic mass is 9.96. The van der Waals surface area contributed by atoms with Crippen LogP contribution in [-0.4, -0.2) is 39.2 Å². The van der Waals surface area contributed by atoms with Gasteiger partial charge in [0.1, 0.15) is 14.5 Å². The number of ether oxygens (including phenoxy) is 2. The van der Waals surface area contributed by atoms with Crippen molar-refractivity contribution in [2.45, 2.75) is 24.6 Å². The van der Waals surface area contributed by atoms with Crippen LogP contribution in [0, 0.1) is 12.3 Å². The van der Waals surface area contributed by atoms with Gasteiger partial charge in [0.15, 0.2) is 0 Å². The normalized spacial score (nSPS) is 30.6. The standard InChI is InChI=1S/C8H10BN3O2/c1-2-3-13-6-4-8(9)14-7(6)5-11-12-10/h1,6-8H,3-5H2. The van der Waals surface area contributed by atoms with Crippen LogP contribution in [0.25, 0.3) is 10.4 Å². The lowest BCUT2D eigenvalue weighted by Crippen LogP contribution is -2.27. The highest BCUT2D eigenvalue weighted by atomic mass is 16.6. The summed E-state index contributed by atoms with van der Waals surface area (Å²) in [5.41, 5.74) is 8.15. The van der Waals surface area contributed by atoms with Crippen molar-refractivity contribution in [3.63, 3.8) is 0 Å². The summed E-state index contributed by atoms with van der Waals surface area (Å²) >= 11 is 0. The maximum atomic E-state index is 8.15. The molecule has 0 aromatic carbocycles. The molecule has 0 bridgehead atoms. The molecule has 3 unspecified atom stereocenters. The van der Waals surface area contributed by atoms with Gasteiger partial charge in [-0.05, 0) is 12.0 Å². The van der Waals surface area contributed by atoms with Gasteiger partial charge in [-0.15, -0.1) is 6.42 Å². The molecule has 2 radical (unpaired) electrons. The summed E-state index contributed by atoms with van der Waals surface area (Å²) < 4.78 is 10.6. The zero-order valence-corrected chi connectivity index (χ0v) is 7.67. The molecule has 1 rings (SSSR count). The average molecular weight is 191 g/mol. The highest BCUT2D eigenvalue weighted by molar-refractivity contribution is 6.11. The molecule has 1 saturated heterocycles. The van der Waals surface area contributed by atoms with Gasteiger partial charge in [-0.1, -0.05) is 11.0 Å². The minimum absolute atomic E-state index is 0.174. The summed E-state index contributed by atoms with van der Waals surface area (Å²) in [5.74, 6) is 2.36. The fraction of sp³-hybridized carbons (Fsp3) is 0.750. The molecule has 5 nitrogen and oxygen atoms in total. The zero-order chi connectivity index (χ0) is 10.4. The van der Waals surface area contributed by atoms with Crippen LogP contribution in [0.2, 0.25) is 0 Å². The van der Waals surface area contributed by atoms with Crippen molar-refractivity contribution in [3.05, 3.63) is 10.4 Å². The molecule has 14 heavy (non-hydrogen) atoms. The Kier molecular flexibility index (Phi) is 4.34. The van der Waals surface area contributed by atoms with Crippen molar-refractivity contribution < 1.29 is 9.47 Å². The molecular formula is C8H10BN3O2. The van der Waals surface area contributed by atoms with Gasteiger partial charge in [0.2, 0.25) is 0 Å². The molecule has 0 N–H and O–H groups in total. The van der Waals surface area contributed by atoms with Gasteiger partial charge < -0.3 is 9.47 Å². The maximum absolute atomic E-state index is 8.15. The van der Waals surface area contributed by atoms with E-state index in [9.17, 15) is 0 Å². The summed E-state index contributed by atoms with van der Waals surface area (Å²) in [7, 11) is 5.57. The Morgan fingerprint density at radius 3 is 3.21 bits per heavy atom. The molecule has 0 aromatic heterocycles. The molecule has 0 amide bonds. The largest absolute Gasteiger partial charge is 0.382 e. The van der Waals surface area contributed by atoms with E-state index in [1.807, 2.05) is 0 Å². The second-order valence-electron chi connectivity index (χ2n) is 2.92. The Bertz CT molecular complexity index is 272. The maximum Gasteiger partial charge on any atom is 0.109 e. The van der Waals surface area contributed by atoms with Crippen molar-refractivity contribution in [2.75, 3.05) is 13.2 Å². The average Bonchev–Trinajstić information content (AvgIpc) is 2.52. The van der Waals surface area contributed by atoms with Crippen LogP contribution in [0.15, 0.2) is 5.11 Å². The van der Waals surface area contributed by atoms with E-state index in [2.05, 4.69) is 15.9 Å². The number of rotatable bonds is 4. The highest BCUT2D eigenvalue weighted by Gasteiger charge is 2.32. The summed E-state index contributed by atoms with van der Waals surface area (Å²) in [6, 6.07) is -0.364. The Morgan fingerprint density at radius 2 is 2.57 bits per heavy atom. The van der Waals surface area contributed by atoms with Crippen molar-refractivity contribution in [1.29, 1.82) is 0 Å². The lowest BCUT2D eigenvalue weighted by molar-refractivity contribution is 0.00430. The van der Waals surface area contributed by atoms with Gasteiger partial charge in [-0.25, -0.2) is 0 Å². The van der Waals surface area contributed by atoms with Crippen molar-refractivity contribution in [1.82, 2.24) is 0 Å². The third-order valence-electron chi connectivity index (χ3n) is 1.93. The van der Waals surface area contributed by atoms with E-state index < -0.39 is 0 Å². The molecule has 1 fully saturated rings. The van der Waals surface area contributed by atoms with E-state index in [4.69, 9.17) is 29.3 Å². The predicted molar refractivity (Wildman–Crippen MR) is 51.6 cm³/mol. The molecule has 1 aliphatic rings. The van der Waals surface area contributed by atoms with Crippen LogP contribution in [0.5, 0.6) is 0 Å². The Morgan fingerprint density at radius 1 is 1.79 bits per heavy atom. The second-order valence-corrected chi connectivity index (χ2v) is 2.92. The van der Waals surface area contributed by atoms with Crippen LogP contribution in [0.3, 0.4) is 0 Å². The first-order valence-corrected chi connectivity index (χ1v) is 4.25. The molecule has 0 aromatic rings. The number of hydrogen-bond donors (Lipinski definition) is 0. The predicted octanol–water partition coefficient (Wildman–Crippen LogP) is 0.599. The van der Waals surface area contributed by atoms with Gasteiger partial charge >= 0.3 is 0 Å². The SMILES string of the molecule is [B]C1CC(OCC#C)C(CN=[N+]=[N-])O1. The fourth-order valence-electron chi connectivity index (χ4n) is 1.36. The third-order valence-corrected chi connectivity index (χ3v) is 1.93. The molecule has 1 heterocycles. The highest BCUT2D eigenvalue weighted by Crippen LogP contribution is 2.21. The van der Waals surface area contributed by atoms with Crippen LogP contribution in [-0.2, 0) is 9.47 Å². The molecule has 0 spiro atoms. The zero-order valence-electron chi connectivity index (χ0n) is 7.67. The first kappa shape index (κ1) is 10.9. The van der Waals surface area contributed by atoms with Gasteiger partial charge in [-0.3, -0.25) is 0 Å². The monoisotopic (exact) mass is 191 g/mol. The first-order chi connectivity index (χ1) is 6.77. The van der Waals surface area contributed by atoms with E-state index in [1.165, 1.54) is 0 Å². The summed E-state index contributed by atoms with van der Waals surface area (Å²) in [6.07, 6.45) is 5.18. The quantitative estimate of drug-likeness (QED) is 0.214. The smallest absolute Gasteiger partial charge is 0.109 e. The molecule has 72 valence electrons. The summed E-state index contributed by atoms with van der Waals surface area (Å²) in [5, 5.41) is 3.41. The second kappa shape index (κ2) is 5.56. The molecule has 0 aliphatic carbocycles. The van der Waals surface area contributed by atoms with Crippen molar-refractivity contribution in [3.8, 4) is 12.3 Å². The number of azide groups is 1. The summed E-state index contributed by atoms with van der Waals surface area (Å²) in [6.45, 7) is 0.437. The molecular weight excluding hydrogens is 181 g/mol. The minimum Gasteiger partial charge on any atom is -0.382 e. The molecule has 0 saturated carbocycles. The van der Waals surface area contributed by atoms with Gasteiger partial charge in [0, 0.05) is 10.9 Å².